The molecule has 1 aromatic carbocycles. The molecule has 1 fully saturated rings. The standard InChI is InChI=1S/C16H22O3/c1-16(2)13(9-14(16)15(17)18-3)11-19-10-12-7-5-4-6-8-12/h4-8,13-14H,9-11H2,1-3H3/t13-,14+/m1/s1. The molecule has 0 spiro atoms. The molecule has 1 saturated carbocycles. The lowest BCUT2D eigenvalue weighted by molar-refractivity contribution is -0.166. The Kier molecular flexibility index (Phi) is 4.25. The molecule has 0 unspecified atom stereocenters. The first-order valence-corrected chi connectivity index (χ1v) is 6.75. The van der Waals surface area contributed by atoms with E-state index in [0.717, 1.165) is 6.42 Å². The fourth-order valence-electron chi connectivity index (χ4n) is 2.73. The van der Waals surface area contributed by atoms with Crippen molar-refractivity contribution in [2.45, 2.75) is 26.9 Å². The Balaban J connectivity index is 1.78. The van der Waals surface area contributed by atoms with E-state index in [4.69, 9.17) is 9.47 Å². The minimum absolute atomic E-state index is 0.0165. The Morgan fingerprint density at radius 3 is 2.58 bits per heavy atom. The number of rotatable bonds is 5. The minimum atomic E-state index is -0.0932. The van der Waals surface area contributed by atoms with Crippen molar-refractivity contribution < 1.29 is 14.3 Å². The normalized spacial score (nSPS) is 24.6. The predicted octanol–water partition coefficient (Wildman–Crippen LogP) is 3.04. The minimum Gasteiger partial charge on any atom is -0.469 e. The van der Waals surface area contributed by atoms with Gasteiger partial charge in [-0.2, -0.15) is 0 Å². The van der Waals surface area contributed by atoms with Crippen molar-refractivity contribution in [2.75, 3.05) is 13.7 Å². The highest BCUT2D eigenvalue weighted by Crippen LogP contribution is 2.51. The van der Waals surface area contributed by atoms with Gasteiger partial charge in [-0.05, 0) is 23.3 Å². The van der Waals surface area contributed by atoms with Crippen LogP contribution in [0.25, 0.3) is 0 Å². The van der Waals surface area contributed by atoms with E-state index in [2.05, 4.69) is 26.0 Å². The van der Waals surface area contributed by atoms with Gasteiger partial charge >= 0.3 is 5.97 Å². The summed E-state index contributed by atoms with van der Waals surface area (Å²) >= 11 is 0. The summed E-state index contributed by atoms with van der Waals surface area (Å²) in [4.78, 5) is 11.6. The summed E-state index contributed by atoms with van der Waals surface area (Å²) in [5.74, 6) is 0.354. The fourth-order valence-corrected chi connectivity index (χ4v) is 2.73. The van der Waals surface area contributed by atoms with E-state index in [9.17, 15) is 4.79 Å². The van der Waals surface area contributed by atoms with Crippen LogP contribution in [0.3, 0.4) is 0 Å². The number of carbonyl (C=O) groups excluding carboxylic acids is 1. The van der Waals surface area contributed by atoms with Crippen LogP contribution in [-0.2, 0) is 20.9 Å². The smallest absolute Gasteiger partial charge is 0.309 e. The summed E-state index contributed by atoms with van der Waals surface area (Å²) in [6, 6.07) is 10.1. The number of benzene rings is 1. The van der Waals surface area contributed by atoms with Crippen LogP contribution >= 0.6 is 0 Å². The average Bonchev–Trinajstić information content (AvgIpc) is 2.42. The van der Waals surface area contributed by atoms with Crippen molar-refractivity contribution in [3.05, 3.63) is 35.9 Å². The number of carbonyl (C=O) groups is 1. The topological polar surface area (TPSA) is 35.5 Å². The lowest BCUT2D eigenvalue weighted by atomic mass is 9.55. The molecule has 0 aromatic heterocycles. The number of ether oxygens (including phenoxy) is 2. The van der Waals surface area contributed by atoms with Crippen LogP contribution in [0.1, 0.15) is 25.8 Å². The van der Waals surface area contributed by atoms with Gasteiger partial charge in [0.05, 0.1) is 26.2 Å². The van der Waals surface area contributed by atoms with Crippen molar-refractivity contribution in [1.82, 2.24) is 0 Å². The van der Waals surface area contributed by atoms with E-state index < -0.39 is 0 Å². The number of hydrogen-bond acceptors (Lipinski definition) is 3. The van der Waals surface area contributed by atoms with E-state index >= 15 is 0 Å². The van der Waals surface area contributed by atoms with E-state index in [1.54, 1.807) is 0 Å². The second-order valence-electron chi connectivity index (χ2n) is 5.83. The molecule has 0 amide bonds. The molecule has 0 radical (unpaired) electrons. The van der Waals surface area contributed by atoms with Crippen LogP contribution in [0.15, 0.2) is 30.3 Å². The summed E-state index contributed by atoms with van der Waals surface area (Å²) in [6.45, 7) is 5.58. The molecule has 0 heterocycles. The second kappa shape index (κ2) is 5.74. The number of methoxy groups -OCH3 is 1. The third-order valence-electron chi connectivity index (χ3n) is 4.39. The van der Waals surface area contributed by atoms with Crippen LogP contribution in [0, 0.1) is 17.3 Å². The fraction of sp³-hybridized carbons (Fsp3) is 0.562. The van der Waals surface area contributed by atoms with Crippen LogP contribution < -0.4 is 0 Å². The maximum absolute atomic E-state index is 11.6. The van der Waals surface area contributed by atoms with Crippen molar-refractivity contribution in [1.29, 1.82) is 0 Å². The Morgan fingerprint density at radius 1 is 1.32 bits per heavy atom. The SMILES string of the molecule is COC(=O)[C@@H]1C[C@H](COCc2ccccc2)C1(C)C. The number of hydrogen-bond donors (Lipinski definition) is 0. The Morgan fingerprint density at radius 2 is 2.00 bits per heavy atom. The van der Waals surface area contributed by atoms with Gasteiger partial charge in [0.25, 0.3) is 0 Å². The highest BCUT2D eigenvalue weighted by atomic mass is 16.5. The highest BCUT2D eigenvalue weighted by Gasteiger charge is 2.52. The monoisotopic (exact) mass is 262 g/mol. The molecule has 1 aliphatic rings. The molecular formula is C16H22O3. The molecule has 0 bridgehead atoms. The van der Waals surface area contributed by atoms with Gasteiger partial charge in [0.15, 0.2) is 0 Å². The van der Waals surface area contributed by atoms with Gasteiger partial charge in [-0.3, -0.25) is 4.79 Å². The molecule has 3 heteroatoms. The average molecular weight is 262 g/mol. The molecule has 2 rings (SSSR count). The maximum atomic E-state index is 11.6. The summed E-state index contributed by atoms with van der Waals surface area (Å²) < 4.78 is 10.6. The summed E-state index contributed by atoms with van der Waals surface area (Å²) in [7, 11) is 1.46. The molecule has 0 N–H and O–H groups in total. The van der Waals surface area contributed by atoms with Gasteiger partial charge in [-0.25, -0.2) is 0 Å². The Labute approximate surface area is 114 Å². The zero-order valence-corrected chi connectivity index (χ0v) is 11.9. The van der Waals surface area contributed by atoms with Crippen molar-refractivity contribution in [2.24, 2.45) is 17.3 Å². The van der Waals surface area contributed by atoms with E-state index in [0.29, 0.717) is 19.1 Å². The van der Waals surface area contributed by atoms with Gasteiger partial charge in [0.1, 0.15) is 0 Å². The largest absolute Gasteiger partial charge is 0.469 e. The van der Waals surface area contributed by atoms with E-state index in [1.807, 2.05) is 18.2 Å². The van der Waals surface area contributed by atoms with Crippen molar-refractivity contribution in [3.8, 4) is 0 Å². The van der Waals surface area contributed by atoms with Gasteiger partial charge in [0.2, 0.25) is 0 Å². The molecule has 1 aromatic rings. The van der Waals surface area contributed by atoms with E-state index in [1.165, 1.54) is 12.7 Å². The molecule has 1 aliphatic carbocycles. The summed E-state index contributed by atoms with van der Waals surface area (Å²) in [6.07, 6.45) is 0.870. The third kappa shape index (κ3) is 2.98. The van der Waals surface area contributed by atoms with Gasteiger partial charge in [-0.1, -0.05) is 44.2 Å². The molecule has 3 nitrogen and oxygen atoms in total. The number of esters is 1. The molecule has 2 atom stereocenters. The van der Waals surface area contributed by atoms with Crippen molar-refractivity contribution in [3.63, 3.8) is 0 Å². The van der Waals surface area contributed by atoms with Crippen LogP contribution in [-0.4, -0.2) is 19.7 Å². The Hall–Kier alpha value is -1.35. The quantitative estimate of drug-likeness (QED) is 0.765. The van der Waals surface area contributed by atoms with Gasteiger partial charge < -0.3 is 9.47 Å². The Bertz CT molecular complexity index is 425. The second-order valence-corrected chi connectivity index (χ2v) is 5.83. The predicted molar refractivity (Wildman–Crippen MR) is 73.5 cm³/mol. The highest BCUT2D eigenvalue weighted by molar-refractivity contribution is 5.74. The lowest BCUT2D eigenvalue weighted by Gasteiger charge is -2.50. The molecular weight excluding hydrogens is 240 g/mol. The maximum Gasteiger partial charge on any atom is 0.309 e. The third-order valence-corrected chi connectivity index (χ3v) is 4.39. The zero-order chi connectivity index (χ0) is 13.9. The first kappa shape index (κ1) is 14.1. The van der Waals surface area contributed by atoms with Crippen LogP contribution in [0.2, 0.25) is 0 Å². The molecule has 19 heavy (non-hydrogen) atoms. The first-order chi connectivity index (χ1) is 9.05. The molecule has 0 aliphatic heterocycles. The van der Waals surface area contributed by atoms with Gasteiger partial charge in [0, 0.05) is 0 Å². The summed E-state index contributed by atoms with van der Waals surface area (Å²) in [5, 5.41) is 0. The van der Waals surface area contributed by atoms with E-state index in [-0.39, 0.29) is 17.3 Å². The van der Waals surface area contributed by atoms with Crippen molar-refractivity contribution >= 4 is 5.97 Å². The lowest BCUT2D eigenvalue weighted by Crippen LogP contribution is -2.51. The summed E-state index contributed by atoms with van der Waals surface area (Å²) in [5.41, 5.74) is 1.16. The zero-order valence-electron chi connectivity index (χ0n) is 11.9. The molecule has 0 saturated heterocycles. The van der Waals surface area contributed by atoms with Crippen LogP contribution in [0.4, 0.5) is 0 Å². The van der Waals surface area contributed by atoms with Crippen LogP contribution in [0.5, 0.6) is 0 Å². The van der Waals surface area contributed by atoms with Gasteiger partial charge in [-0.15, -0.1) is 0 Å². The first-order valence-electron chi connectivity index (χ1n) is 6.75. The molecule has 104 valence electrons.